The first kappa shape index (κ1) is 17.3. The Kier molecular flexibility index (Phi) is 5.08. The lowest BCUT2D eigenvalue weighted by molar-refractivity contribution is -0.0697. The lowest BCUT2D eigenvalue weighted by atomic mass is 10.0. The molecule has 2 N–H and O–H groups in total. The number of carbonyl (C=O) groups is 2. The average Bonchev–Trinajstić information content (AvgIpc) is 3.40. The minimum absolute atomic E-state index is 0.0475. The van der Waals surface area contributed by atoms with Gasteiger partial charge in [-0.3, -0.25) is 9.69 Å². The smallest absolute Gasteiger partial charge is 0.321 e. The highest BCUT2D eigenvalue weighted by atomic mass is 16.5. The second kappa shape index (κ2) is 7.63. The van der Waals surface area contributed by atoms with Crippen LogP contribution in [0.25, 0.3) is 0 Å². The molecule has 2 heterocycles. The average molecular weight is 359 g/mol. The monoisotopic (exact) mass is 359 g/mol. The first-order chi connectivity index (χ1) is 12.7. The number of ether oxygens (including phenoxy) is 2. The zero-order valence-electron chi connectivity index (χ0n) is 14.8. The molecule has 2 saturated heterocycles. The molecule has 1 aliphatic carbocycles. The SMILES string of the molecule is O=C(N[C@@H]1CCOC[C@H]1OCC1CC1)c1cccc(N2CCNC2=O)c1. The second-order valence-electron chi connectivity index (χ2n) is 7.19. The van der Waals surface area contributed by atoms with Gasteiger partial charge in [-0.1, -0.05) is 6.07 Å². The number of hydrogen-bond acceptors (Lipinski definition) is 4. The van der Waals surface area contributed by atoms with Crippen LogP contribution in [0.3, 0.4) is 0 Å². The Labute approximate surface area is 153 Å². The molecular weight excluding hydrogens is 334 g/mol. The van der Waals surface area contributed by atoms with E-state index >= 15 is 0 Å². The number of hydrogen-bond donors (Lipinski definition) is 2. The Morgan fingerprint density at radius 3 is 3.00 bits per heavy atom. The fourth-order valence-electron chi connectivity index (χ4n) is 3.37. The van der Waals surface area contributed by atoms with Gasteiger partial charge in [0.25, 0.3) is 5.91 Å². The fourth-order valence-corrected chi connectivity index (χ4v) is 3.37. The minimum atomic E-state index is -0.140. The quantitative estimate of drug-likeness (QED) is 0.807. The summed E-state index contributed by atoms with van der Waals surface area (Å²) in [5.41, 5.74) is 1.29. The van der Waals surface area contributed by atoms with E-state index in [0.717, 1.165) is 18.7 Å². The second-order valence-corrected chi connectivity index (χ2v) is 7.19. The van der Waals surface area contributed by atoms with Gasteiger partial charge in [0, 0.05) is 37.6 Å². The van der Waals surface area contributed by atoms with Gasteiger partial charge in [0.15, 0.2) is 0 Å². The number of nitrogens with one attached hydrogen (secondary N) is 2. The maximum atomic E-state index is 12.7. The van der Waals surface area contributed by atoms with Gasteiger partial charge in [-0.25, -0.2) is 4.79 Å². The van der Waals surface area contributed by atoms with E-state index in [0.29, 0.717) is 37.8 Å². The number of urea groups is 1. The van der Waals surface area contributed by atoms with Crippen molar-refractivity contribution in [3.8, 4) is 0 Å². The third kappa shape index (κ3) is 3.99. The van der Waals surface area contributed by atoms with Crippen LogP contribution in [0.1, 0.15) is 29.6 Å². The van der Waals surface area contributed by atoms with Crippen molar-refractivity contribution in [3.05, 3.63) is 29.8 Å². The highest BCUT2D eigenvalue weighted by Gasteiger charge is 2.31. The van der Waals surface area contributed by atoms with Crippen LogP contribution in [-0.4, -0.2) is 57.0 Å². The van der Waals surface area contributed by atoms with Crippen molar-refractivity contribution in [3.63, 3.8) is 0 Å². The van der Waals surface area contributed by atoms with Crippen molar-refractivity contribution in [2.75, 3.05) is 37.8 Å². The van der Waals surface area contributed by atoms with Gasteiger partial charge in [0.1, 0.15) is 6.10 Å². The van der Waals surface area contributed by atoms with Crippen LogP contribution in [0.4, 0.5) is 10.5 Å². The van der Waals surface area contributed by atoms with Gasteiger partial charge in [0.05, 0.1) is 12.6 Å². The molecule has 0 radical (unpaired) electrons. The molecule has 2 aliphatic heterocycles. The maximum absolute atomic E-state index is 12.7. The standard InChI is InChI=1S/C19H25N3O4/c23-18(14-2-1-3-15(10-14)22-8-7-20-19(22)24)21-16-6-9-25-12-17(16)26-11-13-4-5-13/h1-3,10,13,16-17H,4-9,11-12H2,(H,20,24)(H,21,23)/t16-,17-/m1/s1. The van der Waals surface area contributed by atoms with Crippen molar-refractivity contribution >= 4 is 17.6 Å². The molecule has 0 aromatic heterocycles. The summed E-state index contributed by atoms with van der Waals surface area (Å²) in [5, 5.41) is 5.87. The summed E-state index contributed by atoms with van der Waals surface area (Å²) in [6.07, 6.45) is 3.12. The van der Waals surface area contributed by atoms with E-state index in [1.165, 1.54) is 12.8 Å². The van der Waals surface area contributed by atoms with E-state index in [1.807, 2.05) is 6.07 Å². The summed E-state index contributed by atoms with van der Waals surface area (Å²) in [5.74, 6) is 0.537. The lowest BCUT2D eigenvalue weighted by Crippen LogP contribution is -2.50. The molecule has 4 rings (SSSR count). The van der Waals surface area contributed by atoms with Crippen LogP contribution in [-0.2, 0) is 9.47 Å². The number of nitrogens with zero attached hydrogens (tertiary/aromatic N) is 1. The van der Waals surface area contributed by atoms with Crippen molar-refractivity contribution in [2.45, 2.75) is 31.4 Å². The Balaban J connectivity index is 1.40. The van der Waals surface area contributed by atoms with Crippen molar-refractivity contribution in [2.24, 2.45) is 5.92 Å². The number of benzene rings is 1. The van der Waals surface area contributed by atoms with Gasteiger partial charge in [-0.15, -0.1) is 0 Å². The van der Waals surface area contributed by atoms with Crippen molar-refractivity contribution in [1.82, 2.24) is 10.6 Å². The van der Waals surface area contributed by atoms with E-state index in [1.54, 1.807) is 23.1 Å². The van der Waals surface area contributed by atoms with Crippen molar-refractivity contribution < 1.29 is 19.1 Å². The number of anilines is 1. The normalized spacial score (nSPS) is 25.8. The van der Waals surface area contributed by atoms with Crippen LogP contribution >= 0.6 is 0 Å². The van der Waals surface area contributed by atoms with E-state index < -0.39 is 0 Å². The molecule has 2 atom stereocenters. The van der Waals surface area contributed by atoms with Crippen molar-refractivity contribution in [1.29, 1.82) is 0 Å². The maximum Gasteiger partial charge on any atom is 0.321 e. The van der Waals surface area contributed by atoms with E-state index in [2.05, 4.69) is 10.6 Å². The third-order valence-electron chi connectivity index (χ3n) is 5.14. The molecule has 140 valence electrons. The molecule has 7 heteroatoms. The van der Waals surface area contributed by atoms with Crippen LogP contribution < -0.4 is 15.5 Å². The predicted molar refractivity (Wildman–Crippen MR) is 96.3 cm³/mol. The van der Waals surface area contributed by atoms with Gasteiger partial charge in [0.2, 0.25) is 0 Å². The molecule has 3 fully saturated rings. The topological polar surface area (TPSA) is 79.9 Å². The minimum Gasteiger partial charge on any atom is -0.379 e. The predicted octanol–water partition coefficient (Wildman–Crippen LogP) is 1.53. The molecular formula is C19H25N3O4. The zero-order valence-corrected chi connectivity index (χ0v) is 14.8. The fraction of sp³-hybridized carbons (Fsp3) is 0.579. The Bertz CT molecular complexity index is 677. The third-order valence-corrected chi connectivity index (χ3v) is 5.14. The van der Waals surface area contributed by atoms with Gasteiger partial charge >= 0.3 is 6.03 Å². The summed E-state index contributed by atoms with van der Waals surface area (Å²) < 4.78 is 11.5. The van der Waals surface area contributed by atoms with Crippen LogP contribution in [0.15, 0.2) is 24.3 Å². The molecule has 3 amide bonds. The number of carbonyl (C=O) groups excluding carboxylic acids is 2. The molecule has 26 heavy (non-hydrogen) atoms. The zero-order chi connectivity index (χ0) is 17.9. The van der Waals surface area contributed by atoms with E-state index in [-0.39, 0.29) is 24.1 Å². The van der Waals surface area contributed by atoms with E-state index in [9.17, 15) is 9.59 Å². The van der Waals surface area contributed by atoms with Gasteiger partial charge in [-0.2, -0.15) is 0 Å². The largest absolute Gasteiger partial charge is 0.379 e. The highest BCUT2D eigenvalue weighted by Crippen LogP contribution is 2.30. The molecule has 0 spiro atoms. The molecule has 1 aromatic carbocycles. The molecule has 0 bridgehead atoms. The molecule has 1 aromatic rings. The number of rotatable bonds is 6. The Morgan fingerprint density at radius 1 is 1.35 bits per heavy atom. The summed E-state index contributed by atoms with van der Waals surface area (Å²) >= 11 is 0. The molecule has 3 aliphatic rings. The van der Waals surface area contributed by atoms with Crippen LogP contribution in [0, 0.1) is 5.92 Å². The first-order valence-corrected chi connectivity index (χ1v) is 9.36. The summed E-state index contributed by atoms with van der Waals surface area (Å²) in [6, 6.07) is 7.01. The first-order valence-electron chi connectivity index (χ1n) is 9.36. The van der Waals surface area contributed by atoms with Crippen LogP contribution in [0.2, 0.25) is 0 Å². The Hall–Kier alpha value is -2.12. The summed E-state index contributed by atoms with van der Waals surface area (Å²) in [7, 11) is 0. The lowest BCUT2D eigenvalue weighted by Gasteiger charge is -2.32. The Morgan fingerprint density at radius 2 is 2.23 bits per heavy atom. The number of amides is 3. The molecule has 1 saturated carbocycles. The van der Waals surface area contributed by atoms with E-state index in [4.69, 9.17) is 9.47 Å². The van der Waals surface area contributed by atoms with Gasteiger partial charge < -0.3 is 20.1 Å². The molecule has 7 nitrogen and oxygen atoms in total. The van der Waals surface area contributed by atoms with Crippen LogP contribution in [0.5, 0.6) is 0 Å². The summed E-state index contributed by atoms with van der Waals surface area (Å²) in [6.45, 7) is 3.13. The summed E-state index contributed by atoms with van der Waals surface area (Å²) in [4.78, 5) is 26.2. The van der Waals surface area contributed by atoms with Gasteiger partial charge in [-0.05, 0) is 43.4 Å². The molecule has 0 unspecified atom stereocenters. The highest BCUT2D eigenvalue weighted by molar-refractivity contribution is 5.98.